The maximum absolute atomic E-state index is 11.0. The SMILES string of the molecule is CCC(=O)OCC(CO)(CO)COC(=O)CC. The lowest BCUT2D eigenvalue weighted by atomic mass is 9.92. The summed E-state index contributed by atoms with van der Waals surface area (Å²) in [5.74, 6) is -0.865. The standard InChI is InChI=1S/C11H20O6/c1-3-9(14)16-7-11(5-12,6-13)8-17-10(15)4-2/h12-13H,3-8H2,1-2H3. The minimum atomic E-state index is -1.13. The molecule has 0 bridgehead atoms. The van der Waals surface area contributed by atoms with Crippen molar-refractivity contribution >= 4 is 11.9 Å². The summed E-state index contributed by atoms with van der Waals surface area (Å²) in [5.41, 5.74) is -1.13. The van der Waals surface area contributed by atoms with E-state index >= 15 is 0 Å². The van der Waals surface area contributed by atoms with Gasteiger partial charge in [-0.2, -0.15) is 0 Å². The van der Waals surface area contributed by atoms with Crippen molar-refractivity contribution in [3.63, 3.8) is 0 Å². The average Bonchev–Trinajstić information content (AvgIpc) is 2.38. The van der Waals surface area contributed by atoms with Crippen LogP contribution in [0.15, 0.2) is 0 Å². The Morgan fingerprint density at radius 1 is 0.941 bits per heavy atom. The highest BCUT2D eigenvalue weighted by Crippen LogP contribution is 2.17. The highest BCUT2D eigenvalue weighted by molar-refractivity contribution is 5.69. The molecule has 0 heterocycles. The topological polar surface area (TPSA) is 93.1 Å². The summed E-state index contributed by atoms with van der Waals surface area (Å²) < 4.78 is 9.71. The van der Waals surface area contributed by atoms with Gasteiger partial charge in [-0.05, 0) is 0 Å². The van der Waals surface area contributed by atoms with E-state index in [1.54, 1.807) is 13.8 Å². The van der Waals surface area contributed by atoms with Crippen LogP contribution in [-0.4, -0.2) is 48.6 Å². The Labute approximate surface area is 101 Å². The number of ether oxygens (including phenoxy) is 2. The zero-order valence-corrected chi connectivity index (χ0v) is 10.3. The van der Waals surface area contributed by atoms with E-state index in [1.165, 1.54) is 0 Å². The molecular weight excluding hydrogens is 228 g/mol. The summed E-state index contributed by atoms with van der Waals surface area (Å²) in [7, 11) is 0. The lowest BCUT2D eigenvalue weighted by molar-refractivity contribution is -0.158. The highest BCUT2D eigenvalue weighted by Gasteiger charge is 2.32. The van der Waals surface area contributed by atoms with Crippen LogP contribution in [0.2, 0.25) is 0 Å². The number of carbonyl (C=O) groups is 2. The van der Waals surface area contributed by atoms with Crippen molar-refractivity contribution in [1.29, 1.82) is 0 Å². The van der Waals surface area contributed by atoms with Gasteiger partial charge in [0.2, 0.25) is 0 Å². The Morgan fingerprint density at radius 3 is 1.53 bits per heavy atom. The van der Waals surface area contributed by atoms with Gasteiger partial charge >= 0.3 is 11.9 Å². The van der Waals surface area contributed by atoms with Gasteiger partial charge in [-0.25, -0.2) is 0 Å². The van der Waals surface area contributed by atoms with Crippen molar-refractivity contribution in [1.82, 2.24) is 0 Å². The van der Waals surface area contributed by atoms with E-state index in [0.717, 1.165) is 0 Å². The summed E-state index contributed by atoms with van der Waals surface area (Å²) in [6.07, 6.45) is 0.420. The van der Waals surface area contributed by atoms with Crippen LogP contribution in [-0.2, 0) is 19.1 Å². The maximum atomic E-state index is 11.0. The Kier molecular flexibility index (Phi) is 7.49. The number of esters is 2. The first-order chi connectivity index (χ1) is 8.03. The van der Waals surface area contributed by atoms with E-state index in [9.17, 15) is 19.8 Å². The second kappa shape index (κ2) is 8.03. The smallest absolute Gasteiger partial charge is 0.305 e. The number of rotatable bonds is 8. The molecule has 0 aliphatic heterocycles. The third kappa shape index (κ3) is 5.65. The molecule has 0 aromatic heterocycles. The molecule has 0 aliphatic carbocycles. The van der Waals surface area contributed by atoms with Gasteiger partial charge < -0.3 is 19.7 Å². The molecule has 6 heteroatoms. The van der Waals surface area contributed by atoms with Gasteiger partial charge in [0.15, 0.2) is 0 Å². The summed E-state index contributed by atoms with van der Waals surface area (Å²) in [4.78, 5) is 22.0. The molecule has 0 aromatic rings. The van der Waals surface area contributed by atoms with Gasteiger partial charge in [0, 0.05) is 12.8 Å². The third-order valence-corrected chi connectivity index (χ3v) is 2.33. The highest BCUT2D eigenvalue weighted by atomic mass is 16.5. The summed E-state index contributed by atoms with van der Waals surface area (Å²) in [6, 6.07) is 0. The number of aliphatic hydroxyl groups is 2. The quantitative estimate of drug-likeness (QED) is 0.581. The first-order valence-electron chi connectivity index (χ1n) is 5.56. The monoisotopic (exact) mass is 248 g/mol. The molecule has 0 saturated heterocycles. The van der Waals surface area contributed by atoms with Crippen LogP contribution >= 0.6 is 0 Å². The van der Waals surface area contributed by atoms with Gasteiger partial charge in [-0.3, -0.25) is 9.59 Å². The molecule has 2 N–H and O–H groups in total. The van der Waals surface area contributed by atoms with Crippen molar-refractivity contribution in [2.45, 2.75) is 26.7 Å². The molecule has 0 aromatic carbocycles. The predicted molar refractivity (Wildman–Crippen MR) is 59.1 cm³/mol. The van der Waals surface area contributed by atoms with Crippen LogP contribution in [0.25, 0.3) is 0 Å². The largest absolute Gasteiger partial charge is 0.465 e. The first-order valence-corrected chi connectivity index (χ1v) is 5.56. The van der Waals surface area contributed by atoms with E-state index in [0.29, 0.717) is 0 Å². The van der Waals surface area contributed by atoms with Crippen LogP contribution in [0.1, 0.15) is 26.7 Å². The second-order valence-electron chi connectivity index (χ2n) is 3.84. The van der Waals surface area contributed by atoms with Crippen LogP contribution in [0.5, 0.6) is 0 Å². The minimum Gasteiger partial charge on any atom is -0.465 e. The second-order valence-corrected chi connectivity index (χ2v) is 3.84. The minimum absolute atomic E-state index is 0.177. The molecule has 17 heavy (non-hydrogen) atoms. The van der Waals surface area contributed by atoms with Gasteiger partial charge in [0.25, 0.3) is 0 Å². The Hall–Kier alpha value is -1.14. The summed E-state index contributed by atoms with van der Waals surface area (Å²) >= 11 is 0. The van der Waals surface area contributed by atoms with Gasteiger partial charge in [-0.15, -0.1) is 0 Å². The Bertz CT molecular complexity index is 224. The van der Waals surface area contributed by atoms with Crippen molar-refractivity contribution < 1.29 is 29.3 Å². The van der Waals surface area contributed by atoms with E-state index in [2.05, 4.69) is 0 Å². The fraction of sp³-hybridized carbons (Fsp3) is 0.818. The third-order valence-electron chi connectivity index (χ3n) is 2.33. The molecule has 0 rings (SSSR count). The first kappa shape index (κ1) is 15.9. The lowest BCUT2D eigenvalue weighted by Crippen LogP contribution is -2.41. The van der Waals surface area contributed by atoms with Gasteiger partial charge in [0.05, 0.1) is 18.6 Å². The fourth-order valence-corrected chi connectivity index (χ4v) is 0.946. The van der Waals surface area contributed by atoms with E-state index < -0.39 is 30.6 Å². The molecule has 0 radical (unpaired) electrons. The number of carbonyl (C=O) groups excluding carboxylic acids is 2. The molecule has 0 spiro atoms. The van der Waals surface area contributed by atoms with Crippen LogP contribution < -0.4 is 0 Å². The summed E-state index contributed by atoms with van der Waals surface area (Å²) in [6.45, 7) is 2.06. The van der Waals surface area contributed by atoms with Gasteiger partial charge in [0.1, 0.15) is 13.2 Å². The average molecular weight is 248 g/mol. The van der Waals surface area contributed by atoms with Crippen molar-refractivity contribution in [3.8, 4) is 0 Å². The molecule has 100 valence electrons. The number of aliphatic hydroxyl groups excluding tert-OH is 2. The molecule has 0 saturated carbocycles. The molecular formula is C11H20O6. The number of hydrogen-bond acceptors (Lipinski definition) is 6. The number of hydrogen-bond donors (Lipinski definition) is 2. The normalized spacial score (nSPS) is 11.1. The molecule has 6 nitrogen and oxygen atoms in total. The maximum Gasteiger partial charge on any atom is 0.305 e. The Morgan fingerprint density at radius 2 is 1.29 bits per heavy atom. The molecule has 0 amide bonds. The zero-order chi connectivity index (χ0) is 13.3. The van der Waals surface area contributed by atoms with E-state index in [1.807, 2.05) is 0 Å². The predicted octanol–water partition coefficient (Wildman–Crippen LogP) is -0.136. The van der Waals surface area contributed by atoms with Gasteiger partial charge in [-0.1, -0.05) is 13.8 Å². The van der Waals surface area contributed by atoms with Crippen molar-refractivity contribution in [2.75, 3.05) is 26.4 Å². The van der Waals surface area contributed by atoms with Crippen molar-refractivity contribution in [2.24, 2.45) is 5.41 Å². The van der Waals surface area contributed by atoms with Crippen molar-refractivity contribution in [3.05, 3.63) is 0 Å². The fourth-order valence-electron chi connectivity index (χ4n) is 0.946. The molecule has 0 fully saturated rings. The lowest BCUT2D eigenvalue weighted by Gasteiger charge is -2.28. The van der Waals surface area contributed by atoms with Crippen LogP contribution in [0.4, 0.5) is 0 Å². The molecule has 0 aliphatic rings. The van der Waals surface area contributed by atoms with E-state index in [-0.39, 0.29) is 26.1 Å². The van der Waals surface area contributed by atoms with E-state index in [4.69, 9.17) is 9.47 Å². The van der Waals surface area contributed by atoms with Crippen LogP contribution in [0, 0.1) is 5.41 Å². The zero-order valence-electron chi connectivity index (χ0n) is 10.3. The Balaban J connectivity index is 4.34. The summed E-state index contributed by atoms with van der Waals surface area (Å²) in [5, 5.41) is 18.4. The molecule has 0 unspecified atom stereocenters. The molecule has 0 atom stereocenters. The van der Waals surface area contributed by atoms with Crippen LogP contribution in [0.3, 0.4) is 0 Å².